The van der Waals surface area contributed by atoms with Crippen LogP contribution in [0.1, 0.15) is 32.2 Å². The van der Waals surface area contributed by atoms with E-state index in [-0.39, 0.29) is 23.7 Å². The molecule has 0 spiro atoms. The number of carbonyl (C=O) groups excluding carboxylic acids is 1. The minimum absolute atomic E-state index is 0.0511. The zero-order valence-corrected chi connectivity index (χ0v) is 15.7. The average molecular weight is 363 g/mol. The van der Waals surface area contributed by atoms with Crippen molar-refractivity contribution in [2.75, 3.05) is 0 Å². The largest absolute Gasteiger partial charge is 0.345 e. The minimum atomic E-state index is -0.365. The molecule has 0 saturated heterocycles. The van der Waals surface area contributed by atoms with Gasteiger partial charge in [-0.2, -0.15) is 0 Å². The molecule has 2 aromatic carbocycles. The number of aromatic nitrogens is 2. The van der Waals surface area contributed by atoms with Gasteiger partial charge < -0.3 is 5.32 Å². The Morgan fingerprint density at radius 2 is 1.85 bits per heavy atom. The summed E-state index contributed by atoms with van der Waals surface area (Å²) in [6.45, 7) is 10.0. The van der Waals surface area contributed by atoms with Crippen molar-refractivity contribution in [2.24, 2.45) is 0 Å². The van der Waals surface area contributed by atoms with Crippen LogP contribution in [0.25, 0.3) is 22.2 Å². The van der Waals surface area contributed by atoms with E-state index in [9.17, 15) is 9.18 Å². The molecule has 1 aromatic heterocycles. The summed E-state index contributed by atoms with van der Waals surface area (Å²) in [5, 5.41) is 3.42. The second kappa shape index (κ2) is 7.27. The molecule has 3 aromatic rings. The Labute approximate surface area is 158 Å². The number of hydrogen-bond donors (Lipinski definition) is 1. The van der Waals surface area contributed by atoms with Crippen molar-refractivity contribution in [1.82, 2.24) is 15.3 Å². The number of nitrogens with one attached hydrogen (secondary N) is 1. The molecule has 1 amide bonds. The highest BCUT2D eigenvalue weighted by molar-refractivity contribution is 5.92. The van der Waals surface area contributed by atoms with Gasteiger partial charge >= 0.3 is 0 Å². The third kappa shape index (κ3) is 4.19. The van der Waals surface area contributed by atoms with Crippen molar-refractivity contribution in [2.45, 2.75) is 32.7 Å². The highest BCUT2D eigenvalue weighted by Crippen LogP contribution is 2.29. The van der Waals surface area contributed by atoms with E-state index in [1.54, 1.807) is 6.07 Å². The molecule has 138 valence electrons. The van der Waals surface area contributed by atoms with Crippen molar-refractivity contribution in [3.05, 3.63) is 72.3 Å². The van der Waals surface area contributed by atoms with Gasteiger partial charge in [-0.1, -0.05) is 51.6 Å². The van der Waals surface area contributed by atoms with Gasteiger partial charge in [0.05, 0.1) is 17.8 Å². The molecular formula is C22H22FN3O. The van der Waals surface area contributed by atoms with Crippen molar-refractivity contribution >= 4 is 16.8 Å². The summed E-state index contributed by atoms with van der Waals surface area (Å²) in [6.07, 6.45) is 1.19. The van der Waals surface area contributed by atoms with Crippen LogP contribution >= 0.6 is 0 Å². The lowest BCUT2D eigenvalue weighted by Crippen LogP contribution is -2.21. The van der Waals surface area contributed by atoms with Crippen LogP contribution in [0.2, 0.25) is 0 Å². The third-order valence-electron chi connectivity index (χ3n) is 4.34. The van der Waals surface area contributed by atoms with Gasteiger partial charge in [0.25, 0.3) is 0 Å². The average Bonchev–Trinajstić information content (AvgIpc) is 2.64. The molecule has 5 heteroatoms. The summed E-state index contributed by atoms with van der Waals surface area (Å²) < 4.78 is 13.7. The summed E-state index contributed by atoms with van der Waals surface area (Å²) in [4.78, 5) is 20.4. The first-order valence-corrected chi connectivity index (χ1v) is 8.75. The predicted molar refractivity (Wildman–Crippen MR) is 106 cm³/mol. The Kier molecular flexibility index (Phi) is 5.04. The fraction of sp³-hybridized carbons (Fsp3) is 0.227. The highest BCUT2D eigenvalue weighted by Gasteiger charge is 2.15. The molecule has 0 atom stereocenters. The van der Waals surface area contributed by atoms with E-state index >= 15 is 0 Å². The molecule has 0 unspecified atom stereocenters. The number of hydrogen-bond acceptors (Lipinski definition) is 3. The van der Waals surface area contributed by atoms with Crippen LogP contribution in [0.3, 0.4) is 0 Å². The molecule has 0 aliphatic rings. The van der Waals surface area contributed by atoms with Crippen LogP contribution in [-0.4, -0.2) is 15.9 Å². The van der Waals surface area contributed by atoms with Gasteiger partial charge in [0.2, 0.25) is 5.91 Å². The highest BCUT2D eigenvalue weighted by atomic mass is 19.1. The Balaban J connectivity index is 2.09. The first kappa shape index (κ1) is 18.7. The molecule has 1 N–H and O–H groups in total. The van der Waals surface area contributed by atoms with Gasteiger partial charge in [-0.3, -0.25) is 4.79 Å². The molecule has 1 heterocycles. The predicted octanol–water partition coefficient (Wildman–Crippen LogP) is 4.54. The van der Waals surface area contributed by atoms with Gasteiger partial charge in [0, 0.05) is 17.0 Å². The smallest absolute Gasteiger partial charge is 0.243 e. The molecular weight excluding hydrogens is 341 g/mol. The van der Waals surface area contributed by atoms with Crippen LogP contribution in [0.5, 0.6) is 0 Å². The zero-order chi connectivity index (χ0) is 19.6. The van der Waals surface area contributed by atoms with Crippen LogP contribution < -0.4 is 5.32 Å². The van der Waals surface area contributed by atoms with Gasteiger partial charge in [-0.25, -0.2) is 14.4 Å². The molecule has 0 bridgehead atoms. The summed E-state index contributed by atoms with van der Waals surface area (Å²) in [7, 11) is 0. The third-order valence-corrected chi connectivity index (χ3v) is 4.34. The van der Waals surface area contributed by atoms with Crippen molar-refractivity contribution < 1.29 is 9.18 Å². The van der Waals surface area contributed by atoms with Crippen LogP contribution in [0.4, 0.5) is 4.39 Å². The summed E-state index contributed by atoms with van der Waals surface area (Å²) >= 11 is 0. The van der Waals surface area contributed by atoms with E-state index < -0.39 is 0 Å². The number of carbonyl (C=O) groups is 1. The lowest BCUT2D eigenvalue weighted by atomic mass is 9.86. The number of benzene rings is 2. The minimum Gasteiger partial charge on any atom is -0.345 e. The molecule has 0 fully saturated rings. The second-order valence-electron chi connectivity index (χ2n) is 7.40. The van der Waals surface area contributed by atoms with Crippen molar-refractivity contribution in [1.29, 1.82) is 0 Å². The summed E-state index contributed by atoms with van der Waals surface area (Å²) in [6, 6.07) is 12.6. The molecule has 0 aliphatic carbocycles. The second-order valence-corrected chi connectivity index (χ2v) is 7.40. The molecule has 3 rings (SSSR count). The standard InChI is InChI=1S/C22H22FN3O/c1-5-20(27)24-13-19-25-18-12-16(23)10-11-17(18)21(26-19)14-6-8-15(9-7-14)22(2,3)4/h5-12H,1,13H2,2-4H3,(H,24,27). The molecule has 27 heavy (non-hydrogen) atoms. The van der Waals surface area contributed by atoms with Gasteiger partial charge in [0.1, 0.15) is 11.6 Å². The maximum Gasteiger partial charge on any atom is 0.243 e. The quantitative estimate of drug-likeness (QED) is 0.693. The SMILES string of the molecule is C=CC(=O)NCc1nc(-c2ccc(C(C)(C)C)cc2)c2ccc(F)cc2n1. The van der Waals surface area contributed by atoms with E-state index in [4.69, 9.17) is 0 Å². The van der Waals surface area contributed by atoms with E-state index in [1.807, 2.05) is 12.1 Å². The number of rotatable bonds is 4. The number of nitrogens with zero attached hydrogens (tertiary/aromatic N) is 2. The number of fused-ring (bicyclic) bond motifs is 1. The normalized spacial score (nSPS) is 11.4. The van der Waals surface area contributed by atoms with Crippen LogP contribution in [-0.2, 0) is 16.8 Å². The van der Waals surface area contributed by atoms with Crippen LogP contribution in [0.15, 0.2) is 55.1 Å². The van der Waals surface area contributed by atoms with Gasteiger partial charge in [0.15, 0.2) is 0 Å². The number of halogens is 1. The number of amides is 1. The van der Waals surface area contributed by atoms with Crippen molar-refractivity contribution in [3.63, 3.8) is 0 Å². The Morgan fingerprint density at radius 1 is 1.15 bits per heavy atom. The fourth-order valence-electron chi connectivity index (χ4n) is 2.82. The first-order chi connectivity index (χ1) is 12.8. The van der Waals surface area contributed by atoms with Crippen LogP contribution in [0, 0.1) is 5.82 Å². The van der Waals surface area contributed by atoms with E-state index in [0.717, 1.165) is 10.9 Å². The molecule has 0 aliphatic heterocycles. The molecule has 4 nitrogen and oxygen atoms in total. The van der Waals surface area contributed by atoms with E-state index in [0.29, 0.717) is 17.0 Å². The van der Waals surface area contributed by atoms with Gasteiger partial charge in [-0.05, 0) is 29.2 Å². The van der Waals surface area contributed by atoms with E-state index in [1.165, 1.54) is 23.8 Å². The topological polar surface area (TPSA) is 54.9 Å². The monoisotopic (exact) mass is 363 g/mol. The lowest BCUT2D eigenvalue weighted by Gasteiger charge is -2.19. The molecule has 0 saturated carbocycles. The van der Waals surface area contributed by atoms with E-state index in [2.05, 4.69) is 54.8 Å². The summed E-state index contributed by atoms with van der Waals surface area (Å²) in [5.41, 5.74) is 3.40. The van der Waals surface area contributed by atoms with Crippen molar-refractivity contribution in [3.8, 4) is 11.3 Å². The lowest BCUT2D eigenvalue weighted by molar-refractivity contribution is -0.116. The Bertz CT molecular complexity index is 1000. The van der Waals surface area contributed by atoms with Gasteiger partial charge in [-0.15, -0.1) is 0 Å². The molecule has 0 radical (unpaired) electrons. The summed E-state index contributed by atoms with van der Waals surface area (Å²) in [5.74, 6) is -0.261. The maximum absolute atomic E-state index is 13.7. The maximum atomic E-state index is 13.7. The Hall–Kier alpha value is -3.08. The first-order valence-electron chi connectivity index (χ1n) is 8.75. The zero-order valence-electron chi connectivity index (χ0n) is 15.7. The fourth-order valence-corrected chi connectivity index (χ4v) is 2.82. The Morgan fingerprint density at radius 3 is 2.48 bits per heavy atom.